The van der Waals surface area contributed by atoms with Crippen LogP contribution in [0.25, 0.3) is 0 Å². The highest BCUT2D eigenvalue weighted by Crippen LogP contribution is 2.10. The second kappa shape index (κ2) is 10.8. The van der Waals surface area contributed by atoms with Crippen molar-refractivity contribution in [2.45, 2.75) is 33.6 Å². The van der Waals surface area contributed by atoms with E-state index in [1.807, 2.05) is 6.92 Å². The Kier molecular flexibility index (Phi) is 11.0. The van der Waals surface area contributed by atoms with E-state index in [2.05, 4.69) is 31.4 Å². The van der Waals surface area contributed by atoms with Crippen molar-refractivity contribution in [3.05, 3.63) is 0 Å². The third-order valence-electron chi connectivity index (χ3n) is 2.67. The Morgan fingerprint density at radius 2 is 2.00 bits per heavy atom. The standard InChI is InChI=1S/C12H27NOS/c1-4-7-12(11-15)10-13(5-2)8-9-14-6-3/h12,15H,4-11H2,1-3H3. The van der Waals surface area contributed by atoms with Gasteiger partial charge >= 0.3 is 0 Å². The van der Waals surface area contributed by atoms with Crippen LogP contribution in [0, 0.1) is 5.92 Å². The molecule has 0 amide bonds. The number of rotatable bonds is 10. The van der Waals surface area contributed by atoms with Gasteiger partial charge in [0.05, 0.1) is 6.61 Å². The van der Waals surface area contributed by atoms with Gasteiger partial charge in [0, 0.05) is 19.7 Å². The molecular weight excluding hydrogens is 206 g/mol. The van der Waals surface area contributed by atoms with Crippen molar-refractivity contribution in [2.75, 3.05) is 38.6 Å². The summed E-state index contributed by atoms with van der Waals surface area (Å²) < 4.78 is 5.38. The topological polar surface area (TPSA) is 12.5 Å². The SMILES string of the molecule is CCCC(CS)CN(CC)CCOCC. The second-order valence-corrected chi connectivity index (χ2v) is 4.29. The summed E-state index contributed by atoms with van der Waals surface area (Å²) in [5.41, 5.74) is 0. The zero-order valence-electron chi connectivity index (χ0n) is 10.5. The molecule has 2 nitrogen and oxygen atoms in total. The van der Waals surface area contributed by atoms with Gasteiger partial charge in [-0.05, 0) is 31.6 Å². The molecule has 0 aliphatic rings. The van der Waals surface area contributed by atoms with Crippen LogP contribution in [0.4, 0.5) is 0 Å². The highest BCUT2D eigenvalue weighted by molar-refractivity contribution is 7.80. The van der Waals surface area contributed by atoms with Crippen LogP contribution in [-0.4, -0.2) is 43.5 Å². The molecule has 3 heteroatoms. The number of ether oxygens (including phenoxy) is 1. The summed E-state index contributed by atoms with van der Waals surface area (Å²) in [6.07, 6.45) is 2.54. The summed E-state index contributed by atoms with van der Waals surface area (Å²) >= 11 is 4.41. The molecule has 1 unspecified atom stereocenters. The third-order valence-corrected chi connectivity index (χ3v) is 3.19. The monoisotopic (exact) mass is 233 g/mol. The number of nitrogens with zero attached hydrogens (tertiary/aromatic N) is 1. The molecule has 15 heavy (non-hydrogen) atoms. The molecule has 0 aromatic rings. The quantitative estimate of drug-likeness (QED) is 0.460. The van der Waals surface area contributed by atoms with E-state index in [4.69, 9.17) is 4.74 Å². The molecular formula is C12H27NOS. The molecule has 1 atom stereocenters. The van der Waals surface area contributed by atoms with Crippen LogP contribution in [0.5, 0.6) is 0 Å². The molecule has 0 heterocycles. The van der Waals surface area contributed by atoms with E-state index in [9.17, 15) is 0 Å². The van der Waals surface area contributed by atoms with Crippen LogP contribution in [0.3, 0.4) is 0 Å². The van der Waals surface area contributed by atoms with Crippen LogP contribution < -0.4 is 0 Å². The lowest BCUT2D eigenvalue weighted by atomic mass is 10.1. The fourth-order valence-electron chi connectivity index (χ4n) is 1.73. The van der Waals surface area contributed by atoms with Crippen molar-refractivity contribution in [3.63, 3.8) is 0 Å². The molecule has 0 spiro atoms. The van der Waals surface area contributed by atoms with Gasteiger partial charge in [-0.1, -0.05) is 20.3 Å². The summed E-state index contributed by atoms with van der Waals surface area (Å²) in [6.45, 7) is 11.5. The second-order valence-electron chi connectivity index (χ2n) is 3.93. The molecule has 0 bridgehead atoms. The maximum atomic E-state index is 5.38. The largest absolute Gasteiger partial charge is 0.380 e. The summed E-state index contributed by atoms with van der Waals surface area (Å²) in [5, 5.41) is 0. The molecule has 92 valence electrons. The van der Waals surface area contributed by atoms with Gasteiger partial charge in [0.25, 0.3) is 0 Å². The molecule has 0 N–H and O–H groups in total. The first-order valence-corrected chi connectivity index (χ1v) is 6.82. The summed E-state index contributed by atoms with van der Waals surface area (Å²) in [7, 11) is 0. The van der Waals surface area contributed by atoms with Crippen LogP contribution in [0.15, 0.2) is 0 Å². The Morgan fingerprint density at radius 1 is 1.27 bits per heavy atom. The van der Waals surface area contributed by atoms with Gasteiger partial charge in [0.2, 0.25) is 0 Å². The number of thiol groups is 1. The van der Waals surface area contributed by atoms with Crippen LogP contribution in [0.2, 0.25) is 0 Å². The fourth-order valence-corrected chi connectivity index (χ4v) is 2.03. The minimum Gasteiger partial charge on any atom is -0.380 e. The maximum Gasteiger partial charge on any atom is 0.0593 e. The van der Waals surface area contributed by atoms with Crippen LogP contribution in [-0.2, 0) is 4.74 Å². The molecule has 0 aromatic carbocycles. The van der Waals surface area contributed by atoms with Gasteiger partial charge in [-0.25, -0.2) is 0 Å². The van der Waals surface area contributed by atoms with Gasteiger partial charge in [0.15, 0.2) is 0 Å². The fraction of sp³-hybridized carbons (Fsp3) is 1.00. The Bertz CT molecular complexity index is 133. The zero-order chi connectivity index (χ0) is 11.5. The average molecular weight is 233 g/mol. The first-order valence-electron chi connectivity index (χ1n) is 6.19. The van der Waals surface area contributed by atoms with E-state index in [1.165, 1.54) is 19.4 Å². The summed E-state index contributed by atoms with van der Waals surface area (Å²) in [4.78, 5) is 2.46. The normalized spacial score (nSPS) is 13.4. The molecule has 0 radical (unpaired) electrons. The number of hydrogen-bond acceptors (Lipinski definition) is 3. The summed E-state index contributed by atoms with van der Waals surface area (Å²) in [5.74, 6) is 1.74. The average Bonchev–Trinajstić information content (AvgIpc) is 2.26. The number of likely N-dealkylation sites (N-methyl/N-ethyl adjacent to an activating group) is 1. The smallest absolute Gasteiger partial charge is 0.0593 e. The van der Waals surface area contributed by atoms with Crippen molar-refractivity contribution < 1.29 is 4.74 Å². The highest BCUT2D eigenvalue weighted by atomic mass is 32.1. The Hall–Kier alpha value is 0.270. The third kappa shape index (κ3) is 8.12. The summed E-state index contributed by atoms with van der Waals surface area (Å²) in [6, 6.07) is 0. The predicted molar refractivity (Wildman–Crippen MR) is 70.9 cm³/mol. The Labute approximate surface area is 101 Å². The molecule has 0 rings (SSSR count). The van der Waals surface area contributed by atoms with E-state index in [0.29, 0.717) is 0 Å². The molecule has 0 aliphatic carbocycles. The number of hydrogen-bond donors (Lipinski definition) is 1. The van der Waals surface area contributed by atoms with E-state index >= 15 is 0 Å². The Morgan fingerprint density at radius 3 is 2.47 bits per heavy atom. The maximum absolute atomic E-state index is 5.38. The van der Waals surface area contributed by atoms with E-state index in [1.54, 1.807) is 0 Å². The van der Waals surface area contributed by atoms with Gasteiger partial charge in [-0.2, -0.15) is 12.6 Å². The van der Waals surface area contributed by atoms with Crippen molar-refractivity contribution in [3.8, 4) is 0 Å². The van der Waals surface area contributed by atoms with Crippen molar-refractivity contribution >= 4 is 12.6 Å². The lowest BCUT2D eigenvalue weighted by Gasteiger charge is -2.25. The van der Waals surface area contributed by atoms with Gasteiger partial charge < -0.3 is 9.64 Å². The molecule has 0 saturated carbocycles. The lowest BCUT2D eigenvalue weighted by Crippen LogP contribution is -2.33. The first-order chi connectivity index (χ1) is 7.28. The van der Waals surface area contributed by atoms with Gasteiger partial charge in [-0.15, -0.1) is 0 Å². The highest BCUT2D eigenvalue weighted by Gasteiger charge is 2.10. The predicted octanol–water partition coefficient (Wildman–Crippen LogP) is 2.69. The molecule has 0 saturated heterocycles. The molecule has 0 aliphatic heterocycles. The van der Waals surface area contributed by atoms with Crippen LogP contribution >= 0.6 is 12.6 Å². The lowest BCUT2D eigenvalue weighted by molar-refractivity contribution is 0.109. The molecule has 0 aromatic heterocycles. The minimum absolute atomic E-state index is 0.736. The van der Waals surface area contributed by atoms with Crippen molar-refractivity contribution in [1.29, 1.82) is 0 Å². The Balaban J connectivity index is 3.73. The molecule has 0 fully saturated rings. The minimum atomic E-state index is 0.736. The van der Waals surface area contributed by atoms with E-state index in [0.717, 1.165) is 38.0 Å². The first kappa shape index (κ1) is 15.3. The van der Waals surface area contributed by atoms with Gasteiger partial charge in [0.1, 0.15) is 0 Å². The van der Waals surface area contributed by atoms with Crippen molar-refractivity contribution in [1.82, 2.24) is 4.90 Å². The van der Waals surface area contributed by atoms with Crippen LogP contribution in [0.1, 0.15) is 33.6 Å². The van der Waals surface area contributed by atoms with Gasteiger partial charge in [-0.3, -0.25) is 0 Å². The van der Waals surface area contributed by atoms with Crippen molar-refractivity contribution in [2.24, 2.45) is 5.92 Å². The van der Waals surface area contributed by atoms with E-state index in [-0.39, 0.29) is 0 Å². The zero-order valence-corrected chi connectivity index (χ0v) is 11.4. The van der Waals surface area contributed by atoms with E-state index < -0.39 is 0 Å².